The smallest absolute Gasteiger partial charge is 0.111 e. The van der Waals surface area contributed by atoms with E-state index in [1.807, 2.05) is 6.20 Å². The zero-order valence-electron chi connectivity index (χ0n) is 7.68. The average Bonchev–Trinajstić information content (AvgIpc) is 2.57. The number of hydrogen-bond acceptors (Lipinski definition) is 2. The van der Waals surface area contributed by atoms with Gasteiger partial charge in [0.15, 0.2) is 0 Å². The summed E-state index contributed by atoms with van der Waals surface area (Å²) in [7, 11) is 0. The first-order chi connectivity index (χ1) is 6.29. The Morgan fingerprint density at radius 2 is 2.46 bits per heavy atom. The molecule has 0 unspecified atom stereocenters. The quantitative estimate of drug-likeness (QED) is 0.764. The van der Waals surface area contributed by atoms with Gasteiger partial charge >= 0.3 is 0 Å². The van der Waals surface area contributed by atoms with Gasteiger partial charge in [-0.2, -0.15) is 0 Å². The van der Waals surface area contributed by atoms with E-state index >= 15 is 0 Å². The molecule has 1 aliphatic heterocycles. The van der Waals surface area contributed by atoms with Gasteiger partial charge < -0.3 is 5.32 Å². The third-order valence-electron chi connectivity index (χ3n) is 2.57. The molecule has 2 rings (SSSR count). The summed E-state index contributed by atoms with van der Waals surface area (Å²) in [4.78, 5) is 4.26. The minimum absolute atomic E-state index is 0.503. The second-order valence-corrected chi connectivity index (χ2v) is 4.23. The van der Waals surface area contributed by atoms with Crippen LogP contribution in [-0.2, 0) is 0 Å². The van der Waals surface area contributed by atoms with Crippen molar-refractivity contribution in [1.82, 2.24) is 10.3 Å². The Bertz CT molecular complexity index is 286. The first kappa shape index (κ1) is 9.16. The van der Waals surface area contributed by atoms with Crippen LogP contribution in [0.3, 0.4) is 0 Å². The largest absolute Gasteiger partial charge is 0.310 e. The van der Waals surface area contributed by atoms with Gasteiger partial charge in [-0.3, -0.25) is 0 Å². The Balaban J connectivity index is 2.37. The molecule has 1 saturated heterocycles. The fraction of sp³-hybridized carbons (Fsp3) is 0.500. The van der Waals surface area contributed by atoms with Crippen LogP contribution in [-0.4, -0.2) is 11.5 Å². The van der Waals surface area contributed by atoms with Gasteiger partial charge in [-0.05, 0) is 53.9 Å². The number of aryl methyl sites for hydroxylation is 1. The molecule has 1 N–H and O–H groups in total. The lowest BCUT2D eigenvalue weighted by Gasteiger charge is -2.14. The van der Waals surface area contributed by atoms with E-state index in [0.29, 0.717) is 6.04 Å². The van der Waals surface area contributed by atoms with Crippen LogP contribution in [0, 0.1) is 6.92 Å². The molecule has 0 aromatic carbocycles. The molecule has 0 amide bonds. The summed E-state index contributed by atoms with van der Waals surface area (Å²) < 4.78 is 0.993. The lowest BCUT2D eigenvalue weighted by molar-refractivity contribution is 0.637. The molecular formula is C10H13BrN2. The van der Waals surface area contributed by atoms with Gasteiger partial charge in [0, 0.05) is 17.8 Å². The highest BCUT2D eigenvalue weighted by atomic mass is 79.9. The molecule has 0 saturated carbocycles. The van der Waals surface area contributed by atoms with Crippen molar-refractivity contribution in [2.45, 2.75) is 25.8 Å². The second kappa shape index (κ2) is 3.76. The molecule has 1 aromatic heterocycles. The zero-order chi connectivity index (χ0) is 9.26. The highest BCUT2D eigenvalue weighted by Crippen LogP contribution is 2.30. The summed E-state index contributed by atoms with van der Waals surface area (Å²) in [5.41, 5.74) is 2.65. The Morgan fingerprint density at radius 3 is 3.08 bits per heavy atom. The molecule has 3 heteroatoms. The molecule has 13 heavy (non-hydrogen) atoms. The molecule has 70 valence electrons. The van der Waals surface area contributed by atoms with Crippen LogP contribution < -0.4 is 5.32 Å². The number of rotatable bonds is 1. The number of pyridine rings is 1. The van der Waals surface area contributed by atoms with E-state index in [1.165, 1.54) is 24.0 Å². The van der Waals surface area contributed by atoms with Crippen molar-refractivity contribution in [3.8, 4) is 0 Å². The van der Waals surface area contributed by atoms with E-state index in [4.69, 9.17) is 0 Å². The molecule has 0 aliphatic carbocycles. The number of nitrogens with one attached hydrogen (secondary N) is 1. The summed E-state index contributed by atoms with van der Waals surface area (Å²) >= 11 is 3.51. The van der Waals surface area contributed by atoms with Crippen molar-refractivity contribution in [3.63, 3.8) is 0 Å². The Hall–Kier alpha value is -0.410. The van der Waals surface area contributed by atoms with E-state index in [1.54, 1.807) is 0 Å². The number of nitrogens with zero attached hydrogens (tertiary/aromatic N) is 1. The van der Waals surface area contributed by atoms with Gasteiger partial charge in [-0.1, -0.05) is 0 Å². The number of hydrogen-bond donors (Lipinski definition) is 1. The molecule has 1 aromatic rings. The van der Waals surface area contributed by atoms with Crippen LogP contribution in [0.15, 0.2) is 16.9 Å². The summed E-state index contributed by atoms with van der Waals surface area (Å²) in [5.74, 6) is 0. The van der Waals surface area contributed by atoms with Crippen LogP contribution in [0.4, 0.5) is 0 Å². The molecule has 0 radical (unpaired) electrons. The van der Waals surface area contributed by atoms with Crippen molar-refractivity contribution in [1.29, 1.82) is 0 Å². The summed E-state index contributed by atoms with van der Waals surface area (Å²) in [6.45, 7) is 3.27. The van der Waals surface area contributed by atoms with Crippen molar-refractivity contribution >= 4 is 15.9 Å². The van der Waals surface area contributed by atoms with Gasteiger partial charge in [0.2, 0.25) is 0 Å². The minimum atomic E-state index is 0.503. The van der Waals surface area contributed by atoms with E-state index in [-0.39, 0.29) is 0 Å². The normalized spacial score (nSPS) is 22.2. The van der Waals surface area contributed by atoms with Gasteiger partial charge in [0.25, 0.3) is 0 Å². The fourth-order valence-corrected chi connectivity index (χ4v) is 2.59. The van der Waals surface area contributed by atoms with Crippen LogP contribution in [0.5, 0.6) is 0 Å². The van der Waals surface area contributed by atoms with Gasteiger partial charge in [-0.15, -0.1) is 0 Å². The Labute approximate surface area is 86.9 Å². The highest BCUT2D eigenvalue weighted by molar-refractivity contribution is 9.10. The maximum atomic E-state index is 4.26. The lowest BCUT2D eigenvalue weighted by Crippen LogP contribution is -2.14. The van der Waals surface area contributed by atoms with Crippen molar-refractivity contribution in [2.24, 2.45) is 0 Å². The zero-order valence-corrected chi connectivity index (χ0v) is 9.26. The van der Waals surface area contributed by atoms with Gasteiger partial charge in [0.1, 0.15) is 4.60 Å². The summed E-state index contributed by atoms with van der Waals surface area (Å²) in [5, 5.41) is 3.48. The third kappa shape index (κ3) is 1.76. The van der Waals surface area contributed by atoms with E-state index < -0.39 is 0 Å². The predicted octanol–water partition coefficient (Wildman–Crippen LogP) is 2.58. The van der Waals surface area contributed by atoms with Crippen molar-refractivity contribution in [3.05, 3.63) is 28.0 Å². The van der Waals surface area contributed by atoms with Crippen LogP contribution in [0.25, 0.3) is 0 Å². The van der Waals surface area contributed by atoms with E-state index in [2.05, 4.69) is 39.2 Å². The SMILES string of the molecule is Cc1ccnc(Br)c1[C@@H]1CCCN1. The standard InChI is InChI=1S/C10H13BrN2/c1-7-4-6-13-10(11)9(7)8-3-2-5-12-8/h4,6,8,12H,2-3,5H2,1H3/t8-/m0/s1. The average molecular weight is 241 g/mol. The van der Waals surface area contributed by atoms with Crippen LogP contribution in [0.1, 0.15) is 30.0 Å². The molecule has 0 bridgehead atoms. The van der Waals surface area contributed by atoms with Gasteiger partial charge in [-0.25, -0.2) is 4.98 Å². The van der Waals surface area contributed by atoms with E-state index in [9.17, 15) is 0 Å². The van der Waals surface area contributed by atoms with Gasteiger partial charge in [0.05, 0.1) is 0 Å². The lowest BCUT2D eigenvalue weighted by atomic mass is 10.0. The molecule has 1 aliphatic rings. The Morgan fingerprint density at radius 1 is 1.62 bits per heavy atom. The molecular weight excluding hydrogens is 228 g/mol. The minimum Gasteiger partial charge on any atom is -0.310 e. The summed E-state index contributed by atoms with van der Waals surface area (Å²) in [6.07, 6.45) is 4.34. The van der Waals surface area contributed by atoms with E-state index in [0.717, 1.165) is 11.1 Å². The molecule has 1 fully saturated rings. The maximum Gasteiger partial charge on any atom is 0.111 e. The summed E-state index contributed by atoms with van der Waals surface area (Å²) in [6, 6.07) is 2.57. The molecule has 1 atom stereocenters. The first-order valence-corrected chi connectivity index (χ1v) is 5.42. The Kier molecular flexibility index (Phi) is 2.65. The first-order valence-electron chi connectivity index (χ1n) is 4.63. The molecule has 2 heterocycles. The van der Waals surface area contributed by atoms with Crippen LogP contribution in [0.2, 0.25) is 0 Å². The topological polar surface area (TPSA) is 24.9 Å². The highest BCUT2D eigenvalue weighted by Gasteiger charge is 2.20. The number of halogens is 1. The fourth-order valence-electron chi connectivity index (χ4n) is 1.89. The molecule has 0 spiro atoms. The monoisotopic (exact) mass is 240 g/mol. The van der Waals surface area contributed by atoms with Crippen LogP contribution >= 0.6 is 15.9 Å². The third-order valence-corrected chi connectivity index (χ3v) is 3.20. The second-order valence-electron chi connectivity index (χ2n) is 3.48. The van der Waals surface area contributed by atoms with Crippen molar-refractivity contribution in [2.75, 3.05) is 6.54 Å². The predicted molar refractivity (Wildman–Crippen MR) is 56.7 cm³/mol. The van der Waals surface area contributed by atoms with Crippen molar-refractivity contribution < 1.29 is 0 Å². The maximum absolute atomic E-state index is 4.26. The molecule has 2 nitrogen and oxygen atoms in total. The number of aromatic nitrogens is 1.